The predicted octanol–water partition coefficient (Wildman–Crippen LogP) is 7.89. The molecule has 1 fully saturated rings. The molecule has 0 aromatic rings. The maximum absolute atomic E-state index is 12.7. The zero-order chi connectivity index (χ0) is 39.9. The molecular formula is C41H76O12S. The van der Waals surface area contributed by atoms with Gasteiger partial charge >= 0.3 is 11.9 Å². The third-order valence-electron chi connectivity index (χ3n) is 9.85. The van der Waals surface area contributed by atoms with Gasteiger partial charge in [-0.1, -0.05) is 142 Å². The molecule has 1 aliphatic heterocycles. The van der Waals surface area contributed by atoms with Crippen LogP contribution in [0.1, 0.15) is 181 Å². The highest BCUT2D eigenvalue weighted by molar-refractivity contribution is 7.85. The maximum Gasteiger partial charge on any atom is 0.306 e. The Bertz CT molecular complexity index is 1070. The third-order valence-corrected chi connectivity index (χ3v) is 10.6. The van der Waals surface area contributed by atoms with Gasteiger partial charge in [0.1, 0.15) is 36.8 Å². The van der Waals surface area contributed by atoms with Gasteiger partial charge in [-0.3, -0.25) is 14.1 Å². The number of carbonyl (C=O) groups is 2. The smallest absolute Gasteiger partial charge is 0.306 e. The molecule has 13 heteroatoms. The van der Waals surface area contributed by atoms with E-state index < -0.39 is 71.2 Å². The topological polar surface area (TPSA) is 186 Å². The summed E-state index contributed by atoms with van der Waals surface area (Å²) in [6.07, 6.45) is 22.7. The molecule has 1 aliphatic rings. The number of carbonyl (C=O) groups excluding carboxylic acids is 2. The van der Waals surface area contributed by atoms with Gasteiger partial charge in [-0.15, -0.1) is 0 Å². The Morgan fingerprint density at radius 3 is 1.56 bits per heavy atom. The summed E-state index contributed by atoms with van der Waals surface area (Å²) in [6.45, 7) is 3.71. The van der Waals surface area contributed by atoms with Gasteiger partial charge in [0.2, 0.25) is 0 Å². The first-order valence-electron chi connectivity index (χ1n) is 21.2. The monoisotopic (exact) mass is 793 g/mol. The molecule has 0 radical (unpaired) electrons. The Balaban J connectivity index is 2.42. The van der Waals surface area contributed by atoms with Crippen LogP contribution >= 0.6 is 0 Å². The van der Waals surface area contributed by atoms with E-state index in [9.17, 15) is 37.9 Å². The van der Waals surface area contributed by atoms with Crippen LogP contribution in [0.15, 0.2) is 12.2 Å². The van der Waals surface area contributed by atoms with Gasteiger partial charge in [0.15, 0.2) is 12.4 Å². The van der Waals surface area contributed by atoms with Crippen molar-refractivity contribution in [3.05, 3.63) is 12.2 Å². The Kier molecular flexibility index (Phi) is 30.3. The first kappa shape index (κ1) is 50.4. The number of ether oxygens (including phenoxy) is 4. The second-order valence-electron chi connectivity index (χ2n) is 15.0. The van der Waals surface area contributed by atoms with Gasteiger partial charge < -0.3 is 34.3 Å². The minimum absolute atomic E-state index is 0.167. The van der Waals surface area contributed by atoms with E-state index in [0.29, 0.717) is 12.8 Å². The summed E-state index contributed by atoms with van der Waals surface area (Å²) < 4.78 is 53.9. The molecule has 0 aliphatic carbocycles. The molecular weight excluding hydrogens is 717 g/mol. The van der Waals surface area contributed by atoms with Crippen molar-refractivity contribution in [2.75, 3.05) is 19.0 Å². The number of unbranched alkanes of at least 4 members (excludes halogenated alkanes) is 21. The Labute approximate surface area is 326 Å². The van der Waals surface area contributed by atoms with E-state index in [4.69, 9.17) is 18.9 Å². The summed E-state index contributed by atoms with van der Waals surface area (Å²) in [5.74, 6) is -1.98. The number of hydrogen-bond acceptors (Lipinski definition) is 11. The highest BCUT2D eigenvalue weighted by Crippen LogP contribution is 2.24. The fourth-order valence-electron chi connectivity index (χ4n) is 6.49. The largest absolute Gasteiger partial charge is 0.462 e. The van der Waals surface area contributed by atoms with Crippen molar-refractivity contribution in [3.8, 4) is 0 Å². The zero-order valence-electron chi connectivity index (χ0n) is 33.6. The molecule has 0 bridgehead atoms. The Morgan fingerprint density at radius 2 is 1.06 bits per heavy atom. The van der Waals surface area contributed by atoms with Gasteiger partial charge in [-0.2, -0.15) is 8.42 Å². The first-order chi connectivity index (χ1) is 26.0. The minimum Gasteiger partial charge on any atom is -0.462 e. The van der Waals surface area contributed by atoms with Crippen LogP contribution in [0.3, 0.4) is 0 Å². The Hall–Kier alpha value is -1.61. The molecule has 1 heterocycles. The normalized spacial score (nSPS) is 21.0. The fraction of sp³-hybridized carbons (Fsp3) is 0.902. The molecule has 318 valence electrons. The molecule has 0 aromatic heterocycles. The summed E-state index contributed by atoms with van der Waals surface area (Å²) in [4.78, 5) is 25.2. The summed E-state index contributed by atoms with van der Waals surface area (Å²) in [5.41, 5.74) is 0. The molecule has 0 aromatic carbocycles. The molecule has 1 rings (SSSR count). The number of rotatable bonds is 35. The van der Waals surface area contributed by atoms with Crippen LogP contribution in [0.2, 0.25) is 0 Å². The van der Waals surface area contributed by atoms with Crippen molar-refractivity contribution in [2.24, 2.45) is 0 Å². The van der Waals surface area contributed by atoms with E-state index in [1.54, 1.807) is 0 Å². The van der Waals surface area contributed by atoms with Gasteiger partial charge in [-0.05, 0) is 38.5 Å². The van der Waals surface area contributed by atoms with E-state index in [-0.39, 0.29) is 19.4 Å². The van der Waals surface area contributed by atoms with Crippen molar-refractivity contribution < 1.29 is 56.8 Å². The molecule has 12 nitrogen and oxygen atoms in total. The molecule has 6 atom stereocenters. The van der Waals surface area contributed by atoms with Gasteiger partial charge in [0.25, 0.3) is 10.1 Å². The summed E-state index contributed by atoms with van der Waals surface area (Å²) in [6, 6.07) is 0. The number of allylic oxidation sites excluding steroid dienone is 2. The van der Waals surface area contributed by atoms with E-state index >= 15 is 0 Å². The highest BCUT2D eigenvalue weighted by atomic mass is 32.2. The first-order valence-corrected chi connectivity index (χ1v) is 22.9. The molecule has 54 heavy (non-hydrogen) atoms. The van der Waals surface area contributed by atoms with Crippen LogP contribution in [-0.2, 0) is 38.7 Å². The van der Waals surface area contributed by atoms with Gasteiger partial charge in [0.05, 0.1) is 6.61 Å². The highest BCUT2D eigenvalue weighted by Gasteiger charge is 2.46. The van der Waals surface area contributed by atoms with Crippen molar-refractivity contribution in [1.29, 1.82) is 0 Å². The molecule has 0 spiro atoms. The number of esters is 2. The lowest BCUT2D eigenvalue weighted by atomic mass is 10.00. The molecule has 0 amide bonds. The number of aliphatic hydroxyl groups is 3. The standard InChI is InChI=1S/C41H76O12S/c1-3-5-7-9-11-13-14-15-16-17-18-19-20-22-23-25-27-29-36(42)50-31-34(52-37(43)30-28-26-24-21-12-10-8-6-4-2)32-51-41-40(46)39(45)38(44)35(53-41)33-54(47,48)49/h13-14,34-35,38-41,44-46H,3-12,15-33H2,1-2H3,(H,47,48,49)/b14-13+/t34-,35-,38-,39?,40?,41+/m1/s1. The summed E-state index contributed by atoms with van der Waals surface area (Å²) in [5, 5.41) is 30.8. The van der Waals surface area contributed by atoms with Crippen LogP contribution in [0.25, 0.3) is 0 Å². The lowest BCUT2D eigenvalue weighted by Crippen LogP contribution is -2.60. The van der Waals surface area contributed by atoms with E-state index in [1.807, 2.05) is 0 Å². The SMILES string of the molecule is CCCCCC/C=C/CCCCCCCCCCCC(=O)OC[C@H](CO[C@H]1O[C@H](CS(=O)(=O)O)[C@@H](O)C(O)C1O)OC(=O)CCCCCCCCCCC. The Morgan fingerprint density at radius 1 is 0.611 bits per heavy atom. The quantitative estimate of drug-likeness (QED) is 0.0211. The van der Waals surface area contributed by atoms with Crippen LogP contribution in [0.4, 0.5) is 0 Å². The van der Waals surface area contributed by atoms with E-state index in [1.165, 1.54) is 103 Å². The van der Waals surface area contributed by atoms with Crippen LogP contribution < -0.4 is 0 Å². The predicted molar refractivity (Wildman–Crippen MR) is 210 cm³/mol. The zero-order valence-corrected chi connectivity index (χ0v) is 34.4. The lowest BCUT2D eigenvalue weighted by Gasteiger charge is -2.40. The number of hydrogen-bond donors (Lipinski definition) is 4. The molecule has 2 unspecified atom stereocenters. The maximum atomic E-state index is 12.7. The van der Waals surface area contributed by atoms with Crippen molar-refractivity contribution >= 4 is 22.1 Å². The third kappa shape index (κ3) is 27.1. The van der Waals surface area contributed by atoms with Crippen LogP contribution in [-0.4, -0.2) is 96.0 Å². The van der Waals surface area contributed by atoms with Gasteiger partial charge in [-0.25, -0.2) is 0 Å². The van der Waals surface area contributed by atoms with E-state index in [0.717, 1.165) is 38.5 Å². The van der Waals surface area contributed by atoms with Crippen LogP contribution in [0, 0.1) is 0 Å². The van der Waals surface area contributed by atoms with Crippen LogP contribution in [0.5, 0.6) is 0 Å². The van der Waals surface area contributed by atoms with E-state index in [2.05, 4.69) is 26.0 Å². The van der Waals surface area contributed by atoms with Crippen molar-refractivity contribution in [3.63, 3.8) is 0 Å². The summed E-state index contributed by atoms with van der Waals surface area (Å²) in [7, 11) is -4.59. The molecule has 4 N–H and O–H groups in total. The number of aliphatic hydroxyl groups excluding tert-OH is 3. The van der Waals surface area contributed by atoms with Crippen molar-refractivity contribution in [1.82, 2.24) is 0 Å². The van der Waals surface area contributed by atoms with Crippen molar-refractivity contribution in [2.45, 2.75) is 218 Å². The average molecular weight is 793 g/mol. The lowest BCUT2D eigenvalue weighted by molar-refractivity contribution is -0.297. The molecule has 0 saturated carbocycles. The average Bonchev–Trinajstić information content (AvgIpc) is 3.13. The fourth-order valence-corrected chi connectivity index (χ4v) is 7.19. The second-order valence-corrected chi connectivity index (χ2v) is 16.5. The second kappa shape index (κ2) is 32.5. The summed E-state index contributed by atoms with van der Waals surface area (Å²) >= 11 is 0. The molecule has 1 saturated heterocycles. The van der Waals surface area contributed by atoms with Gasteiger partial charge in [0, 0.05) is 12.8 Å². The minimum atomic E-state index is -4.59.